The van der Waals surface area contributed by atoms with Crippen molar-refractivity contribution in [2.75, 3.05) is 19.6 Å². The fraction of sp³-hybridized carbons (Fsp3) is 0.375. The number of Topliss-reactive ketones (excluding diaryl/α,β-unsaturated/α-hetero) is 1. The van der Waals surface area contributed by atoms with Gasteiger partial charge in [0.25, 0.3) is 0 Å². The first-order valence-electron chi connectivity index (χ1n) is 10.3. The minimum atomic E-state index is -0.321. The summed E-state index contributed by atoms with van der Waals surface area (Å²) < 4.78 is 13.1. The SMILES string of the molecule is Cc1ccc(C(CN2CCC(C(=O)c3ccc(F)cc3)CC2)N=CN=CN)cc1C. The fourth-order valence-electron chi connectivity index (χ4n) is 3.84. The topological polar surface area (TPSA) is 71.0 Å². The van der Waals surface area contributed by atoms with Crippen molar-refractivity contribution < 1.29 is 9.18 Å². The lowest BCUT2D eigenvalue weighted by molar-refractivity contribution is 0.0836. The number of ketones is 1. The average Bonchev–Trinajstić information content (AvgIpc) is 2.76. The van der Waals surface area contributed by atoms with Crippen LogP contribution in [0.1, 0.15) is 45.9 Å². The molecular formula is C24H29FN4O. The number of piperidine rings is 1. The van der Waals surface area contributed by atoms with Gasteiger partial charge in [-0.15, -0.1) is 0 Å². The summed E-state index contributed by atoms with van der Waals surface area (Å²) in [5.41, 5.74) is 9.56. The third-order valence-electron chi connectivity index (χ3n) is 5.83. The van der Waals surface area contributed by atoms with Gasteiger partial charge in [0.05, 0.1) is 12.4 Å². The van der Waals surface area contributed by atoms with Crippen LogP contribution in [-0.4, -0.2) is 43.0 Å². The third kappa shape index (κ3) is 5.60. The summed E-state index contributed by atoms with van der Waals surface area (Å²) in [6.45, 7) is 6.61. The molecule has 3 rings (SSSR count). The Hall–Kier alpha value is -2.86. The van der Waals surface area contributed by atoms with Gasteiger partial charge in [0.1, 0.15) is 12.2 Å². The highest BCUT2D eigenvalue weighted by Crippen LogP contribution is 2.26. The molecule has 1 aliphatic heterocycles. The summed E-state index contributed by atoms with van der Waals surface area (Å²) in [6.07, 6.45) is 4.32. The number of nitrogens with two attached hydrogens (primary N) is 1. The van der Waals surface area contributed by atoms with Gasteiger partial charge >= 0.3 is 0 Å². The third-order valence-corrected chi connectivity index (χ3v) is 5.83. The van der Waals surface area contributed by atoms with E-state index < -0.39 is 0 Å². The first kappa shape index (κ1) is 21.8. The smallest absolute Gasteiger partial charge is 0.166 e. The van der Waals surface area contributed by atoms with E-state index in [9.17, 15) is 9.18 Å². The minimum absolute atomic E-state index is 0.0166. The number of hydrogen-bond acceptors (Lipinski definition) is 3. The molecule has 1 unspecified atom stereocenters. The van der Waals surface area contributed by atoms with Crippen LogP contribution in [0.5, 0.6) is 0 Å². The maximum absolute atomic E-state index is 13.1. The predicted molar refractivity (Wildman–Crippen MR) is 120 cm³/mol. The van der Waals surface area contributed by atoms with Crippen molar-refractivity contribution in [2.24, 2.45) is 21.6 Å². The molecule has 1 atom stereocenters. The Labute approximate surface area is 177 Å². The molecular weight excluding hydrogens is 379 g/mol. The van der Waals surface area contributed by atoms with E-state index in [1.54, 1.807) is 12.1 Å². The highest BCUT2D eigenvalue weighted by molar-refractivity contribution is 5.97. The van der Waals surface area contributed by atoms with Crippen LogP contribution in [0.15, 0.2) is 52.4 Å². The lowest BCUT2D eigenvalue weighted by atomic mass is 9.88. The zero-order valence-corrected chi connectivity index (χ0v) is 17.6. The number of likely N-dealkylation sites (tertiary alicyclic amines) is 1. The molecule has 1 fully saturated rings. The molecule has 0 spiro atoms. The maximum atomic E-state index is 13.1. The minimum Gasteiger partial charge on any atom is -0.390 e. The Bertz CT molecular complexity index is 915. The number of carbonyl (C=O) groups excluding carboxylic acids is 1. The molecule has 0 radical (unpaired) electrons. The van der Waals surface area contributed by atoms with Crippen LogP contribution < -0.4 is 5.73 Å². The molecule has 0 aliphatic carbocycles. The van der Waals surface area contributed by atoms with Gasteiger partial charge in [-0.05, 0) is 80.7 Å². The Balaban J connectivity index is 1.64. The van der Waals surface area contributed by atoms with Gasteiger partial charge in [0.2, 0.25) is 0 Å². The van der Waals surface area contributed by atoms with Crippen molar-refractivity contribution in [1.29, 1.82) is 0 Å². The van der Waals surface area contributed by atoms with Crippen LogP contribution in [0.3, 0.4) is 0 Å². The van der Waals surface area contributed by atoms with Crippen molar-refractivity contribution in [1.82, 2.24) is 4.90 Å². The lowest BCUT2D eigenvalue weighted by Crippen LogP contribution is -2.38. The molecule has 30 heavy (non-hydrogen) atoms. The first-order chi connectivity index (χ1) is 14.5. The molecule has 0 aromatic heterocycles. The van der Waals surface area contributed by atoms with Gasteiger partial charge in [-0.3, -0.25) is 9.79 Å². The molecule has 0 saturated carbocycles. The van der Waals surface area contributed by atoms with Crippen LogP contribution >= 0.6 is 0 Å². The van der Waals surface area contributed by atoms with E-state index in [2.05, 4.69) is 46.9 Å². The fourth-order valence-corrected chi connectivity index (χ4v) is 3.84. The highest BCUT2D eigenvalue weighted by atomic mass is 19.1. The number of aryl methyl sites for hydroxylation is 2. The second-order valence-electron chi connectivity index (χ2n) is 7.87. The van der Waals surface area contributed by atoms with Gasteiger partial charge in [-0.25, -0.2) is 9.38 Å². The summed E-state index contributed by atoms with van der Waals surface area (Å²) in [6, 6.07) is 12.2. The quantitative estimate of drug-likeness (QED) is 0.426. The predicted octanol–water partition coefficient (Wildman–Crippen LogP) is 4.09. The number of hydrogen-bond donors (Lipinski definition) is 1. The summed E-state index contributed by atoms with van der Waals surface area (Å²) in [7, 11) is 0. The molecule has 158 valence electrons. The van der Waals surface area contributed by atoms with E-state index >= 15 is 0 Å². The zero-order valence-electron chi connectivity index (χ0n) is 17.6. The second-order valence-corrected chi connectivity index (χ2v) is 7.87. The monoisotopic (exact) mass is 408 g/mol. The van der Waals surface area contributed by atoms with Crippen molar-refractivity contribution in [2.45, 2.75) is 32.7 Å². The number of nitrogens with zero attached hydrogens (tertiary/aromatic N) is 3. The summed E-state index contributed by atoms with van der Waals surface area (Å²) >= 11 is 0. The van der Waals surface area contributed by atoms with Gasteiger partial charge in [-0.1, -0.05) is 18.2 Å². The highest BCUT2D eigenvalue weighted by Gasteiger charge is 2.27. The number of halogens is 1. The number of aliphatic imine (C=N–C) groups is 2. The number of carbonyl (C=O) groups is 1. The summed E-state index contributed by atoms with van der Waals surface area (Å²) in [5.74, 6) is -0.230. The molecule has 5 nitrogen and oxygen atoms in total. The van der Waals surface area contributed by atoms with Crippen LogP contribution in [0.2, 0.25) is 0 Å². The Morgan fingerprint density at radius 3 is 2.50 bits per heavy atom. The Morgan fingerprint density at radius 1 is 1.17 bits per heavy atom. The molecule has 1 heterocycles. The van der Waals surface area contributed by atoms with Crippen molar-refractivity contribution in [3.8, 4) is 0 Å². The molecule has 0 bridgehead atoms. The normalized spacial score (nSPS) is 17.0. The molecule has 2 aromatic rings. The number of rotatable bonds is 7. The van der Waals surface area contributed by atoms with Crippen LogP contribution in [0, 0.1) is 25.6 Å². The Morgan fingerprint density at radius 2 is 1.87 bits per heavy atom. The van der Waals surface area contributed by atoms with E-state index in [1.807, 2.05) is 0 Å². The van der Waals surface area contributed by atoms with Crippen molar-refractivity contribution in [3.63, 3.8) is 0 Å². The van der Waals surface area contributed by atoms with Gasteiger partial charge in [-0.2, -0.15) is 0 Å². The summed E-state index contributed by atoms with van der Waals surface area (Å²) in [5, 5.41) is 0. The molecule has 0 amide bonds. The Kier molecular flexibility index (Phi) is 7.46. The van der Waals surface area contributed by atoms with Gasteiger partial charge in [0, 0.05) is 18.0 Å². The van der Waals surface area contributed by atoms with Crippen LogP contribution in [-0.2, 0) is 0 Å². The maximum Gasteiger partial charge on any atom is 0.166 e. The zero-order chi connectivity index (χ0) is 21.5. The standard InChI is InChI=1S/C24H29FN4O/c1-17-3-4-21(13-18(17)2)23(28-16-27-15-26)14-29-11-9-20(10-12-29)24(30)19-5-7-22(25)8-6-19/h3-8,13,15-16,20,23H,9-12,14H2,1-2H3,(H2,26,27,28). The van der Waals surface area contributed by atoms with Crippen molar-refractivity contribution in [3.05, 3.63) is 70.5 Å². The van der Waals surface area contributed by atoms with E-state index in [1.165, 1.54) is 35.9 Å². The van der Waals surface area contributed by atoms with E-state index in [0.29, 0.717) is 5.56 Å². The van der Waals surface area contributed by atoms with E-state index in [-0.39, 0.29) is 23.6 Å². The molecule has 6 heteroatoms. The lowest BCUT2D eigenvalue weighted by Gasteiger charge is -2.33. The van der Waals surface area contributed by atoms with Gasteiger partial charge in [0.15, 0.2) is 5.78 Å². The van der Waals surface area contributed by atoms with Crippen LogP contribution in [0.25, 0.3) is 0 Å². The first-order valence-corrected chi connectivity index (χ1v) is 10.3. The van der Waals surface area contributed by atoms with E-state index in [4.69, 9.17) is 5.73 Å². The van der Waals surface area contributed by atoms with Crippen molar-refractivity contribution >= 4 is 18.5 Å². The molecule has 2 aromatic carbocycles. The summed E-state index contributed by atoms with van der Waals surface area (Å²) in [4.78, 5) is 23.6. The van der Waals surface area contributed by atoms with E-state index in [0.717, 1.165) is 38.0 Å². The molecule has 1 aliphatic rings. The molecule has 1 saturated heterocycles. The molecule has 2 N–H and O–H groups in total. The second kappa shape index (κ2) is 10.3. The van der Waals surface area contributed by atoms with Gasteiger partial charge < -0.3 is 10.6 Å². The average molecular weight is 409 g/mol. The number of benzene rings is 2. The van der Waals surface area contributed by atoms with Crippen LogP contribution in [0.4, 0.5) is 4.39 Å². The largest absolute Gasteiger partial charge is 0.390 e.